The quantitative estimate of drug-likeness (QED) is 0.827. The molecule has 1 unspecified atom stereocenters. The second kappa shape index (κ2) is 9.70. The molecule has 2 aromatic rings. The molecule has 0 aliphatic carbocycles. The molecule has 1 saturated heterocycles. The van der Waals surface area contributed by atoms with Crippen molar-refractivity contribution in [3.05, 3.63) is 52.0 Å². The van der Waals surface area contributed by atoms with Crippen molar-refractivity contribution < 1.29 is 4.79 Å². The van der Waals surface area contributed by atoms with Gasteiger partial charge in [0.05, 0.1) is 17.1 Å². The van der Waals surface area contributed by atoms with Crippen molar-refractivity contribution in [3.63, 3.8) is 0 Å². The van der Waals surface area contributed by atoms with Crippen molar-refractivity contribution in [2.75, 3.05) is 13.1 Å². The van der Waals surface area contributed by atoms with Gasteiger partial charge in [0, 0.05) is 30.9 Å². The van der Waals surface area contributed by atoms with Gasteiger partial charge in [-0.25, -0.2) is 4.98 Å². The molecular formula is C19H27Cl2N3OS. The number of piperidine rings is 1. The maximum atomic E-state index is 12.6. The first-order valence-electron chi connectivity index (χ1n) is 8.44. The molecule has 0 spiro atoms. The average molecular weight is 416 g/mol. The number of benzene rings is 1. The average Bonchev–Trinajstić information content (AvgIpc) is 2.98. The van der Waals surface area contributed by atoms with Gasteiger partial charge < -0.3 is 10.6 Å². The van der Waals surface area contributed by atoms with Gasteiger partial charge in [0.1, 0.15) is 0 Å². The molecule has 0 radical (unpaired) electrons. The van der Waals surface area contributed by atoms with Crippen LogP contribution in [0.1, 0.15) is 36.5 Å². The maximum absolute atomic E-state index is 12.6. The largest absolute Gasteiger partial charge is 0.342 e. The van der Waals surface area contributed by atoms with Crippen molar-refractivity contribution in [2.45, 2.75) is 39.2 Å². The van der Waals surface area contributed by atoms with Gasteiger partial charge in [0.25, 0.3) is 0 Å². The number of nitrogens with zero attached hydrogens (tertiary/aromatic N) is 2. The molecule has 1 aliphatic rings. The highest BCUT2D eigenvalue weighted by molar-refractivity contribution is 7.09. The van der Waals surface area contributed by atoms with Crippen LogP contribution in [0.5, 0.6) is 0 Å². The van der Waals surface area contributed by atoms with Crippen LogP contribution in [-0.2, 0) is 17.6 Å². The fraction of sp³-hybridized carbons (Fsp3) is 0.474. The maximum Gasteiger partial charge on any atom is 0.228 e. The van der Waals surface area contributed by atoms with E-state index in [1.807, 2.05) is 28.5 Å². The van der Waals surface area contributed by atoms with Gasteiger partial charge in [-0.1, -0.05) is 44.2 Å². The number of thiazole rings is 1. The molecule has 26 heavy (non-hydrogen) atoms. The molecule has 0 bridgehead atoms. The van der Waals surface area contributed by atoms with Crippen molar-refractivity contribution in [2.24, 2.45) is 11.1 Å². The molecule has 3 rings (SSSR count). The SMILES string of the molecule is CC1(C)CN(C(=O)Cc2csc(Cc3ccccc3)n2)CCC1N.Cl.Cl. The molecule has 7 heteroatoms. The molecule has 1 aromatic heterocycles. The predicted molar refractivity (Wildman–Crippen MR) is 113 cm³/mol. The van der Waals surface area contributed by atoms with Crippen molar-refractivity contribution in [1.29, 1.82) is 0 Å². The van der Waals surface area contributed by atoms with Crippen LogP contribution in [0, 0.1) is 5.41 Å². The summed E-state index contributed by atoms with van der Waals surface area (Å²) in [7, 11) is 0. The normalized spacial score (nSPS) is 18.6. The Labute approximate surface area is 172 Å². The van der Waals surface area contributed by atoms with Crippen LogP contribution in [0.15, 0.2) is 35.7 Å². The Hall–Kier alpha value is -1.14. The van der Waals surface area contributed by atoms with Gasteiger partial charge in [-0.05, 0) is 17.4 Å². The van der Waals surface area contributed by atoms with Gasteiger partial charge >= 0.3 is 0 Å². The van der Waals surface area contributed by atoms with E-state index < -0.39 is 0 Å². The molecule has 1 amide bonds. The zero-order valence-electron chi connectivity index (χ0n) is 15.2. The Morgan fingerprint density at radius 3 is 2.65 bits per heavy atom. The number of hydrogen-bond donors (Lipinski definition) is 1. The van der Waals surface area contributed by atoms with E-state index in [1.165, 1.54) is 5.56 Å². The zero-order chi connectivity index (χ0) is 17.2. The van der Waals surface area contributed by atoms with Crippen molar-refractivity contribution in [1.82, 2.24) is 9.88 Å². The first-order valence-corrected chi connectivity index (χ1v) is 9.32. The number of amides is 1. The highest BCUT2D eigenvalue weighted by atomic mass is 35.5. The fourth-order valence-electron chi connectivity index (χ4n) is 3.14. The van der Waals surface area contributed by atoms with E-state index >= 15 is 0 Å². The standard InChI is InChI=1S/C19H25N3OS.2ClH/c1-19(2)13-22(9-8-16(19)20)18(23)11-15-12-24-17(21-15)10-14-6-4-3-5-7-14;;/h3-7,12,16H,8-11,13,20H2,1-2H3;2*1H. The number of aromatic nitrogens is 1. The van der Waals surface area contributed by atoms with Crippen LogP contribution in [0.2, 0.25) is 0 Å². The molecule has 1 atom stereocenters. The van der Waals surface area contributed by atoms with E-state index in [0.717, 1.165) is 36.6 Å². The molecule has 2 heterocycles. The summed E-state index contributed by atoms with van der Waals surface area (Å²) in [5.41, 5.74) is 8.26. The highest BCUT2D eigenvalue weighted by Crippen LogP contribution is 2.28. The Morgan fingerprint density at radius 1 is 1.31 bits per heavy atom. The van der Waals surface area contributed by atoms with Crippen molar-refractivity contribution >= 4 is 42.1 Å². The molecule has 1 aliphatic heterocycles. The summed E-state index contributed by atoms with van der Waals surface area (Å²) in [5, 5.41) is 3.07. The number of carbonyl (C=O) groups excluding carboxylic acids is 1. The Kier molecular flexibility index (Phi) is 8.54. The van der Waals surface area contributed by atoms with Gasteiger partial charge in [-0.2, -0.15) is 0 Å². The van der Waals surface area contributed by atoms with Gasteiger partial charge in [0.2, 0.25) is 5.91 Å². The summed E-state index contributed by atoms with van der Waals surface area (Å²) >= 11 is 1.63. The molecule has 0 saturated carbocycles. The summed E-state index contributed by atoms with van der Waals surface area (Å²) in [5.74, 6) is 0.159. The number of rotatable bonds is 4. The molecule has 4 nitrogen and oxygen atoms in total. The lowest BCUT2D eigenvalue weighted by Crippen LogP contribution is -2.54. The van der Waals surface area contributed by atoms with Crippen LogP contribution >= 0.6 is 36.2 Å². The summed E-state index contributed by atoms with van der Waals surface area (Å²) in [6.07, 6.45) is 2.08. The van der Waals surface area contributed by atoms with Crippen molar-refractivity contribution in [3.8, 4) is 0 Å². The van der Waals surface area contributed by atoms with Gasteiger partial charge in [0.15, 0.2) is 0 Å². The lowest BCUT2D eigenvalue weighted by molar-refractivity contribution is -0.133. The minimum atomic E-state index is -0.0194. The van der Waals surface area contributed by atoms with Crippen LogP contribution in [0.3, 0.4) is 0 Å². The van der Waals surface area contributed by atoms with E-state index in [0.29, 0.717) is 6.42 Å². The lowest BCUT2D eigenvalue weighted by atomic mass is 9.79. The van der Waals surface area contributed by atoms with E-state index in [4.69, 9.17) is 5.73 Å². The van der Waals surface area contributed by atoms with Crippen LogP contribution < -0.4 is 5.73 Å². The van der Waals surface area contributed by atoms with Crippen LogP contribution in [0.4, 0.5) is 0 Å². The number of nitrogens with two attached hydrogens (primary N) is 1. The van der Waals surface area contributed by atoms with Gasteiger partial charge in [-0.15, -0.1) is 36.2 Å². The topological polar surface area (TPSA) is 59.2 Å². The first kappa shape index (κ1) is 22.9. The molecule has 1 aromatic carbocycles. The minimum Gasteiger partial charge on any atom is -0.342 e. The lowest BCUT2D eigenvalue weighted by Gasteiger charge is -2.42. The van der Waals surface area contributed by atoms with E-state index in [2.05, 4.69) is 31.0 Å². The summed E-state index contributed by atoms with van der Waals surface area (Å²) < 4.78 is 0. The summed E-state index contributed by atoms with van der Waals surface area (Å²) in [6, 6.07) is 10.5. The highest BCUT2D eigenvalue weighted by Gasteiger charge is 2.35. The monoisotopic (exact) mass is 415 g/mol. The Morgan fingerprint density at radius 2 is 2.00 bits per heavy atom. The first-order chi connectivity index (χ1) is 11.4. The smallest absolute Gasteiger partial charge is 0.228 e. The van der Waals surface area contributed by atoms with E-state index in [1.54, 1.807) is 11.3 Å². The Balaban J connectivity index is 0.00000169. The number of hydrogen-bond acceptors (Lipinski definition) is 4. The Bertz CT molecular complexity index is 706. The third-order valence-electron chi connectivity index (χ3n) is 4.79. The number of carbonyl (C=O) groups is 1. The summed E-state index contributed by atoms with van der Waals surface area (Å²) in [6.45, 7) is 5.76. The zero-order valence-corrected chi connectivity index (χ0v) is 17.6. The van der Waals surface area contributed by atoms with E-state index in [9.17, 15) is 4.79 Å². The van der Waals surface area contributed by atoms with Crippen LogP contribution in [0.25, 0.3) is 0 Å². The second-order valence-electron chi connectivity index (χ2n) is 7.27. The molecule has 1 fully saturated rings. The summed E-state index contributed by atoms with van der Waals surface area (Å²) in [4.78, 5) is 19.2. The third-order valence-corrected chi connectivity index (χ3v) is 5.69. The van der Waals surface area contributed by atoms with Crippen LogP contribution in [-0.4, -0.2) is 34.9 Å². The third kappa shape index (κ3) is 5.68. The second-order valence-corrected chi connectivity index (χ2v) is 8.21. The molecule has 2 N–H and O–H groups in total. The number of likely N-dealkylation sites (tertiary alicyclic amines) is 1. The molecule has 144 valence electrons. The minimum absolute atomic E-state index is 0. The fourth-order valence-corrected chi connectivity index (χ4v) is 3.96. The molecular weight excluding hydrogens is 389 g/mol. The van der Waals surface area contributed by atoms with E-state index in [-0.39, 0.29) is 42.2 Å². The number of halogens is 2. The predicted octanol–water partition coefficient (Wildman–Crippen LogP) is 3.71. The van der Waals surface area contributed by atoms with Gasteiger partial charge in [-0.3, -0.25) is 4.79 Å².